The molecule has 5 heteroatoms. The average Bonchev–Trinajstić information content (AvgIpc) is 3.51. The summed E-state index contributed by atoms with van der Waals surface area (Å²) in [6.07, 6.45) is 17.9. The number of hydrogen-bond donors (Lipinski definition) is 0. The van der Waals surface area contributed by atoms with Crippen molar-refractivity contribution in [2.75, 3.05) is 13.1 Å². The monoisotopic (exact) mass is 425 g/mol. The average molecular weight is 426 g/mol. The molecular formula is C26H39N3O2. The lowest BCUT2D eigenvalue weighted by Crippen LogP contribution is -2.38. The molecule has 0 atom stereocenters. The van der Waals surface area contributed by atoms with Gasteiger partial charge in [0, 0.05) is 24.8 Å². The predicted molar refractivity (Wildman–Crippen MR) is 128 cm³/mol. The molecule has 3 fully saturated rings. The van der Waals surface area contributed by atoms with Gasteiger partial charge in [0.05, 0.1) is 6.04 Å². The van der Waals surface area contributed by atoms with Crippen molar-refractivity contribution in [2.45, 2.75) is 90.6 Å². The zero-order chi connectivity index (χ0) is 22.2. The summed E-state index contributed by atoms with van der Waals surface area (Å²) in [5.74, 6) is 0.350. The van der Waals surface area contributed by atoms with E-state index in [1.54, 1.807) is 0 Å². The van der Waals surface area contributed by atoms with E-state index in [0.717, 1.165) is 56.5 Å². The van der Waals surface area contributed by atoms with Crippen LogP contribution in [0.5, 0.6) is 0 Å². The Morgan fingerprint density at radius 2 is 1.74 bits per heavy atom. The summed E-state index contributed by atoms with van der Waals surface area (Å²) in [6.45, 7) is 12.4. The van der Waals surface area contributed by atoms with E-state index in [9.17, 15) is 4.79 Å². The van der Waals surface area contributed by atoms with Crippen LogP contribution in [-0.4, -0.2) is 46.9 Å². The van der Waals surface area contributed by atoms with Gasteiger partial charge in [-0.15, -0.1) is 0 Å². The first-order valence-corrected chi connectivity index (χ1v) is 12.2. The van der Waals surface area contributed by atoms with Gasteiger partial charge < -0.3 is 9.64 Å². The molecule has 0 aromatic carbocycles. The molecule has 1 saturated heterocycles. The molecule has 1 heterocycles. The molecule has 2 saturated carbocycles. The van der Waals surface area contributed by atoms with Gasteiger partial charge >= 0.3 is 6.02 Å². The number of amidine groups is 1. The number of amides is 1. The molecule has 3 rings (SSSR count). The Hall–Kier alpha value is -2.30. The molecule has 0 unspecified atom stereocenters. The van der Waals surface area contributed by atoms with Gasteiger partial charge in [-0.3, -0.25) is 9.69 Å². The highest BCUT2D eigenvalue weighted by atomic mass is 16.5. The Labute approximate surface area is 188 Å². The fraction of sp³-hybridized carbons (Fsp3) is 0.615. The highest BCUT2D eigenvalue weighted by molar-refractivity contribution is 6.09. The largest absolute Gasteiger partial charge is 0.420 e. The first-order valence-electron chi connectivity index (χ1n) is 12.2. The second-order valence-corrected chi connectivity index (χ2v) is 8.68. The van der Waals surface area contributed by atoms with Gasteiger partial charge in [-0.2, -0.15) is 0 Å². The maximum absolute atomic E-state index is 13.3. The SMILES string of the molecule is C=C(\C=C/C(=C\CC)/C=C1/O/C(=N/C2CCCC2)N(C2CCCC2)C1=O)N(CC)CC. The number of allylic oxidation sites excluding steroid dienone is 5. The number of nitrogens with zero attached hydrogens (tertiary/aromatic N) is 3. The van der Waals surface area contributed by atoms with Crippen molar-refractivity contribution in [3.8, 4) is 0 Å². The number of carbonyl (C=O) groups excluding carboxylic acids is 1. The zero-order valence-electron chi connectivity index (χ0n) is 19.6. The van der Waals surface area contributed by atoms with Gasteiger partial charge in [-0.1, -0.05) is 51.3 Å². The van der Waals surface area contributed by atoms with Crippen LogP contribution in [0.3, 0.4) is 0 Å². The maximum atomic E-state index is 13.3. The predicted octanol–water partition coefficient (Wildman–Crippen LogP) is 5.72. The molecular weight excluding hydrogens is 386 g/mol. The van der Waals surface area contributed by atoms with Gasteiger partial charge in [0.15, 0.2) is 5.76 Å². The molecule has 0 radical (unpaired) electrons. The molecule has 0 bridgehead atoms. The number of likely N-dealkylation sites (N-methyl/N-ethyl adjacent to an activating group) is 1. The third-order valence-corrected chi connectivity index (χ3v) is 6.52. The zero-order valence-corrected chi connectivity index (χ0v) is 19.6. The smallest absolute Gasteiger partial charge is 0.300 e. The lowest BCUT2D eigenvalue weighted by molar-refractivity contribution is -0.124. The number of carbonyl (C=O) groups is 1. The van der Waals surface area contributed by atoms with Crippen LogP contribution >= 0.6 is 0 Å². The minimum Gasteiger partial charge on any atom is -0.420 e. The van der Waals surface area contributed by atoms with Gasteiger partial charge in [-0.05, 0) is 63.7 Å². The molecule has 5 nitrogen and oxygen atoms in total. The van der Waals surface area contributed by atoms with Crippen LogP contribution in [0, 0.1) is 0 Å². The fourth-order valence-electron chi connectivity index (χ4n) is 4.74. The van der Waals surface area contributed by atoms with Gasteiger partial charge in [-0.25, -0.2) is 4.99 Å². The van der Waals surface area contributed by atoms with Crippen molar-refractivity contribution >= 4 is 11.9 Å². The molecule has 170 valence electrons. The summed E-state index contributed by atoms with van der Waals surface area (Å²) >= 11 is 0. The van der Waals surface area contributed by atoms with Crippen molar-refractivity contribution in [3.63, 3.8) is 0 Å². The van der Waals surface area contributed by atoms with E-state index >= 15 is 0 Å². The Kier molecular flexibility index (Phi) is 8.56. The molecule has 3 aliphatic rings. The number of aliphatic imine (C=N–C) groups is 1. The van der Waals surface area contributed by atoms with E-state index in [0.29, 0.717) is 11.8 Å². The first-order chi connectivity index (χ1) is 15.1. The highest BCUT2D eigenvalue weighted by Crippen LogP contribution is 2.31. The van der Waals surface area contributed by atoms with Crippen LogP contribution in [0.2, 0.25) is 0 Å². The topological polar surface area (TPSA) is 45.1 Å². The lowest BCUT2D eigenvalue weighted by Gasteiger charge is -2.21. The number of ether oxygens (including phenoxy) is 1. The van der Waals surface area contributed by atoms with Crippen molar-refractivity contribution < 1.29 is 9.53 Å². The van der Waals surface area contributed by atoms with Crippen molar-refractivity contribution in [1.82, 2.24) is 9.80 Å². The van der Waals surface area contributed by atoms with Crippen LogP contribution in [-0.2, 0) is 9.53 Å². The van der Waals surface area contributed by atoms with Crippen LogP contribution in [0.4, 0.5) is 0 Å². The Morgan fingerprint density at radius 3 is 2.35 bits per heavy atom. The second-order valence-electron chi connectivity index (χ2n) is 8.68. The summed E-state index contributed by atoms with van der Waals surface area (Å²) in [5, 5.41) is 0. The summed E-state index contributed by atoms with van der Waals surface area (Å²) in [7, 11) is 0. The maximum Gasteiger partial charge on any atom is 0.300 e. The highest BCUT2D eigenvalue weighted by Gasteiger charge is 2.41. The van der Waals surface area contributed by atoms with Gasteiger partial charge in [0.2, 0.25) is 0 Å². The Morgan fingerprint density at radius 1 is 1.10 bits per heavy atom. The molecule has 0 N–H and O–H groups in total. The quantitative estimate of drug-likeness (QED) is 0.351. The minimum absolute atomic E-state index is 0.0402. The molecule has 1 aliphatic heterocycles. The summed E-state index contributed by atoms with van der Waals surface area (Å²) in [6, 6.07) is 1.03. The van der Waals surface area contributed by atoms with Crippen molar-refractivity contribution in [2.24, 2.45) is 4.99 Å². The Balaban J connectivity index is 1.83. The Bertz CT molecular complexity index is 762. The van der Waals surface area contributed by atoms with Crippen LogP contribution in [0.25, 0.3) is 0 Å². The fourth-order valence-corrected chi connectivity index (χ4v) is 4.74. The van der Waals surface area contributed by atoms with Crippen LogP contribution in [0.1, 0.15) is 78.6 Å². The van der Waals surface area contributed by atoms with E-state index in [1.807, 2.05) is 23.1 Å². The molecule has 31 heavy (non-hydrogen) atoms. The summed E-state index contributed by atoms with van der Waals surface area (Å²) in [5.41, 5.74) is 1.94. The normalized spacial score (nSPS) is 23.6. The van der Waals surface area contributed by atoms with Crippen LogP contribution < -0.4 is 0 Å². The van der Waals surface area contributed by atoms with Crippen molar-refractivity contribution in [1.29, 1.82) is 0 Å². The molecule has 2 aliphatic carbocycles. The molecule has 0 spiro atoms. The number of rotatable bonds is 9. The van der Waals surface area contributed by atoms with E-state index in [-0.39, 0.29) is 18.0 Å². The molecule has 0 aromatic rings. The standard InChI is InChI=1S/C26H39N3O2/c1-5-12-21(18-17-20(4)28(6-2)7-3)19-24-25(30)29(23-15-10-11-16-23)26(31-24)27-22-13-8-9-14-22/h12,17-19,22-23H,4-11,13-16H2,1-3H3/b18-17-,21-12+,24-19+,27-26+. The lowest BCUT2D eigenvalue weighted by atomic mass is 10.1. The molecule has 0 aromatic heterocycles. The summed E-state index contributed by atoms with van der Waals surface area (Å²) in [4.78, 5) is 22.3. The third-order valence-electron chi connectivity index (χ3n) is 6.52. The number of hydrogen-bond acceptors (Lipinski definition) is 4. The van der Waals surface area contributed by atoms with E-state index in [2.05, 4.69) is 38.3 Å². The molecule has 1 amide bonds. The van der Waals surface area contributed by atoms with E-state index in [4.69, 9.17) is 9.73 Å². The second kappa shape index (κ2) is 11.4. The first kappa shape index (κ1) is 23.4. The van der Waals surface area contributed by atoms with Crippen molar-refractivity contribution in [3.05, 3.63) is 47.9 Å². The van der Waals surface area contributed by atoms with E-state index in [1.165, 1.54) is 25.7 Å². The minimum atomic E-state index is -0.0402. The third kappa shape index (κ3) is 5.90. The summed E-state index contributed by atoms with van der Waals surface area (Å²) < 4.78 is 6.11. The van der Waals surface area contributed by atoms with Gasteiger partial charge in [0.25, 0.3) is 5.91 Å². The van der Waals surface area contributed by atoms with Crippen LogP contribution in [0.15, 0.2) is 52.9 Å². The van der Waals surface area contributed by atoms with E-state index < -0.39 is 0 Å². The van der Waals surface area contributed by atoms with Gasteiger partial charge in [0.1, 0.15) is 0 Å².